The molecule has 106 valence electrons. The van der Waals surface area contributed by atoms with Crippen LogP contribution < -0.4 is 11.3 Å². The van der Waals surface area contributed by atoms with Crippen LogP contribution in [0.1, 0.15) is 24.6 Å². The summed E-state index contributed by atoms with van der Waals surface area (Å²) in [5.41, 5.74) is 7.98. The highest BCUT2D eigenvalue weighted by molar-refractivity contribution is 7.99. The van der Waals surface area contributed by atoms with E-state index in [1.54, 1.807) is 6.07 Å². The Morgan fingerprint density at radius 1 is 1.40 bits per heavy atom. The first kappa shape index (κ1) is 14.9. The first-order valence-corrected chi connectivity index (χ1v) is 7.52. The highest BCUT2D eigenvalue weighted by Gasteiger charge is 2.08. The minimum atomic E-state index is -0.134. The van der Waals surface area contributed by atoms with E-state index in [-0.39, 0.29) is 5.56 Å². The Bertz CT molecular complexity index is 685. The Morgan fingerprint density at radius 2 is 2.15 bits per heavy atom. The van der Waals surface area contributed by atoms with Gasteiger partial charge in [0.15, 0.2) is 5.16 Å². The van der Waals surface area contributed by atoms with Crippen molar-refractivity contribution in [3.8, 4) is 0 Å². The predicted octanol–water partition coefficient (Wildman–Crippen LogP) is 3.42. The summed E-state index contributed by atoms with van der Waals surface area (Å²) >= 11 is 7.42. The number of nitrogen functional groups attached to an aromatic ring is 1. The first-order chi connectivity index (χ1) is 9.49. The maximum absolute atomic E-state index is 11.6. The molecule has 0 radical (unpaired) electrons. The number of hydrogen-bond acceptors (Lipinski definition) is 4. The van der Waals surface area contributed by atoms with E-state index in [1.165, 1.54) is 17.8 Å². The Labute approximate surface area is 126 Å². The molecule has 0 aliphatic carbocycles. The zero-order valence-corrected chi connectivity index (χ0v) is 12.9. The van der Waals surface area contributed by atoms with Crippen molar-refractivity contribution >= 4 is 29.1 Å². The van der Waals surface area contributed by atoms with E-state index in [1.807, 2.05) is 13.0 Å². The molecule has 0 saturated heterocycles. The number of anilines is 1. The fraction of sp³-hybridized carbons (Fsp3) is 0.286. The van der Waals surface area contributed by atoms with E-state index >= 15 is 0 Å². The zero-order chi connectivity index (χ0) is 14.7. The van der Waals surface area contributed by atoms with Crippen molar-refractivity contribution in [2.45, 2.75) is 36.7 Å². The third-order valence-corrected chi connectivity index (χ3v) is 4.15. The van der Waals surface area contributed by atoms with Gasteiger partial charge in [0, 0.05) is 16.7 Å². The van der Waals surface area contributed by atoms with Gasteiger partial charge in [-0.05, 0) is 31.0 Å². The van der Waals surface area contributed by atoms with Gasteiger partial charge in [0.2, 0.25) is 0 Å². The van der Waals surface area contributed by atoms with E-state index < -0.39 is 0 Å². The summed E-state index contributed by atoms with van der Waals surface area (Å²) in [6.45, 7) is 4.00. The van der Waals surface area contributed by atoms with Gasteiger partial charge < -0.3 is 10.7 Å². The summed E-state index contributed by atoms with van der Waals surface area (Å²) in [7, 11) is 0. The van der Waals surface area contributed by atoms with Gasteiger partial charge in [-0.15, -0.1) is 0 Å². The molecule has 3 N–H and O–H groups in total. The van der Waals surface area contributed by atoms with E-state index in [2.05, 4.69) is 16.9 Å². The molecule has 1 heterocycles. The number of benzene rings is 1. The topological polar surface area (TPSA) is 71.8 Å². The molecule has 0 aliphatic heterocycles. The van der Waals surface area contributed by atoms with Gasteiger partial charge in [0.1, 0.15) is 0 Å². The summed E-state index contributed by atoms with van der Waals surface area (Å²) in [5, 5.41) is 1.08. The maximum atomic E-state index is 11.6. The normalized spacial score (nSPS) is 10.8. The number of nitrogens with two attached hydrogens (primary N) is 1. The lowest BCUT2D eigenvalue weighted by atomic mass is 10.2. The molecule has 0 aliphatic rings. The maximum Gasteiger partial charge on any atom is 0.251 e. The van der Waals surface area contributed by atoms with Crippen molar-refractivity contribution in [3.63, 3.8) is 0 Å². The predicted molar refractivity (Wildman–Crippen MR) is 83.6 cm³/mol. The van der Waals surface area contributed by atoms with Gasteiger partial charge in [-0.1, -0.05) is 36.7 Å². The Kier molecular flexibility index (Phi) is 4.73. The number of nitrogens with one attached hydrogen (secondary N) is 1. The molecular formula is C14H16ClN3OS. The molecule has 6 heteroatoms. The lowest BCUT2D eigenvalue weighted by Gasteiger charge is -2.08. The van der Waals surface area contributed by atoms with Crippen LogP contribution in [0.3, 0.4) is 0 Å². The molecule has 0 fully saturated rings. The summed E-state index contributed by atoms with van der Waals surface area (Å²) in [6.07, 6.45) is 1.74. The number of halogens is 1. The van der Waals surface area contributed by atoms with E-state index in [0.717, 1.165) is 29.0 Å². The Hall–Kier alpha value is -1.46. The standard InChI is InChI=1S/C14H16ClN3OS/c1-3-4-9-6-13(19)18-14(17-9)20-12-7-10(15)11(16)5-8(12)2/h5-7H,3-4,16H2,1-2H3,(H,17,18,19). The number of H-pyrrole nitrogens is 1. The average molecular weight is 310 g/mol. The summed E-state index contributed by atoms with van der Waals surface area (Å²) < 4.78 is 0. The molecule has 2 aromatic rings. The SMILES string of the molecule is CCCc1cc(=O)[nH]c(Sc2cc(Cl)c(N)cc2C)n1. The highest BCUT2D eigenvalue weighted by Crippen LogP contribution is 2.32. The van der Waals surface area contributed by atoms with Crippen LogP contribution in [0.15, 0.2) is 33.0 Å². The van der Waals surface area contributed by atoms with Crippen LogP contribution in [-0.4, -0.2) is 9.97 Å². The van der Waals surface area contributed by atoms with E-state index in [4.69, 9.17) is 17.3 Å². The van der Waals surface area contributed by atoms with Gasteiger partial charge in [0.25, 0.3) is 5.56 Å². The molecule has 0 bridgehead atoms. The van der Waals surface area contributed by atoms with E-state index in [9.17, 15) is 4.79 Å². The lowest BCUT2D eigenvalue weighted by molar-refractivity contribution is 0.816. The molecule has 0 saturated carbocycles. The Balaban J connectivity index is 2.34. The Morgan fingerprint density at radius 3 is 2.85 bits per heavy atom. The van der Waals surface area contributed by atoms with Crippen LogP contribution in [0.25, 0.3) is 0 Å². The van der Waals surface area contributed by atoms with Crippen molar-refractivity contribution in [2.75, 3.05) is 5.73 Å². The number of aryl methyl sites for hydroxylation is 2. The molecule has 1 aromatic carbocycles. The monoisotopic (exact) mass is 309 g/mol. The molecule has 4 nitrogen and oxygen atoms in total. The van der Waals surface area contributed by atoms with Gasteiger partial charge in [0.05, 0.1) is 10.7 Å². The largest absolute Gasteiger partial charge is 0.398 e. The number of hydrogen-bond donors (Lipinski definition) is 2. The van der Waals surface area contributed by atoms with Crippen molar-refractivity contribution in [1.29, 1.82) is 0 Å². The minimum absolute atomic E-state index is 0.134. The van der Waals surface area contributed by atoms with Gasteiger partial charge >= 0.3 is 0 Å². The second-order valence-electron chi connectivity index (χ2n) is 4.53. The van der Waals surface area contributed by atoms with Crippen LogP contribution in [0.2, 0.25) is 5.02 Å². The molecule has 20 heavy (non-hydrogen) atoms. The highest BCUT2D eigenvalue weighted by atomic mass is 35.5. The summed E-state index contributed by atoms with van der Waals surface area (Å²) in [5.74, 6) is 0. The smallest absolute Gasteiger partial charge is 0.251 e. The summed E-state index contributed by atoms with van der Waals surface area (Å²) in [4.78, 5) is 19.7. The lowest BCUT2D eigenvalue weighted by Crippen LogP contribution is -2.09. The number of aromatic nitrogens is 2. The number of aromatic amines is 1. The second-order valence-corrected chi connectivity index (χ2v) is 5.97. The van der Waals surface area contributed by atoms with Gasteiger partial charge in [-0.3, -0.25) is 4.79 Å². The molecule has 0 amide bonds. The molecule has 1 aromatic heterocycles. The van der Waals surface area contributed by atoms with Crippen LogP contribution in [0.4, 0.5) is 5.69 Å². The third-order valence-electron chi connectivity index (χ3n) is 2.78. The van der Waals surface area contributed by atoms with Crippen molar-refractivity contribution in [1.82, 2.24) is 9.97 Å². The average Bonchev–Trinajstić information content (AvgIpc) is 2.35. The molecule has 0 atom stereocenters. The van der Waals surface area contributed by atoms with Crippen LogP contribution in [-0.2, 0) is 6.42 Å². The second kappa shape index (κ2) is 6.33. The molecule has 0 spiro atoms. The fourth-order valence-electron chi connectivity index (χ4n) is 1.82. The van der Waals surface area contributed by atoms with Gasteiger partial charge in [-0.2, -0.15) is 0 Å². The van der Waals surface area contributed by atoms with E-state index in [0.29, 0.717) is 15.9 Å². The van der Waals surface area contributed by atoms with Crippen LogP contribution in [0.5, 0.6) is 0 Å². The number of rotatable bonds is 4. The third kappa shape index (κ3) is 3.55. The fourth-order valence-corrected chi connectivity index (χ4v) is 2.96. The number of nitrogens with zero attached hydrogens (tertiary/aromatic N) is 1. The van der Waals surface area contributed by atoms with Crippen LogP contribution >= 0.6 is 23.4 Å². The molecule has 0 unspecified atom stereocenters. The molecular weight excluding hydrogens is 294 g/mol. The molecule has 2 rings (SSSR count). The first-order valence-electron chi connectivity index (χ1n) is 6.33. The van der Waals surface area contributed by atoms with Crippen molar-refractivity contribution < 1.29 is 0 Å². The minimum Gasteiger partial charge on any atom is -0.398 e. The summed E-state index contributed by atoms with van der Waals surface area (Å²) in [6, 6.07) is 5.15. The zero-order valence-electron chi connectivity index (χ0n) is 11.4. The van der Waals surface area contributed by atoms with Crippen molar-refractivity contribution in [3.05, 3.63) is 44.8 Å². The van der Waals surface area contributed by atoms with Crippen molar-refractivity contribution in [2.24, 2.45) is 0 Å². The van der Waals surface area contributed by atoms with Gasteiger partial charge in [-0.25, -0.2) is 4.98 Å². The quantitative estimate of drug-likeness (QED) is 0.670. The van der Waals surface area contributed by atoms with Crippen LogP contribution in [0, 0.1) is 6.92 Å².